The van der Waals surface area contributed by atoms with Gasteiger partial charge in [0, 0.05) is 0 Å². The van der Waals surface area contributed by atoms with Gasteiger partial charge in [0.1, 0.15) is 12.1 Å². The van der Waals surface area contributed by atoms with Gasteiger partial charge in [-0.3, -0.25) is 4.79 Å². The van der Waals surface area contributed by atoms with Crippen LogP contribution in [0.4, 0.5) is 0 Å². The van der Waals surface area contributed by atoms with Gasteiger partial charge in [0.15, 0.2) is 0 Å². The minimum atomic E-state index is -4.10. The van der Waals surface area contributed by atoms with Gasteiger partial charge >= 0.3 is 5.97 Å². The molecule has 0 unspecified atom stereocenters. The number of nitriles is 1. The molecule has 0 aliphatic carbocycles. The molecule has 104 valence electrons. The van der Waals surface area contributed by atoms with Crippen molar-refractivity contribution in [2.24, 2.45) is 5.92 Å². The monoisotopic (exact) mass is 286 g/mol. The van der Waals surface area contributed by atoms with E-state index >= 15 is 0 Å². The van der Waals surface area contributed by atoms with Crippen molar-refractivity contribution in [3.63, 3.8) is 0 Å². The average Bonchev–Trinajstić information content (AvgIpc) is 2.84. The van der Waals surface area contributed by atoms with Gasteiger partial charge in [-0.25, -0.2) is 8.42 Å². The zero-order valence-corrected chi connectivity index (χ0v) is 11.3. The smallest absolute Gasteiger partial charge is 0.322 e. The van der Waals surface area contributed by atoms with Crippen LogP contribution >= 0.6 is 0 Å². The molecule has 0 saturated heterocycles. The summed E-state index contributed by atoms with van der Waals surface area (Å²) in [6.45, 7) is 3.39. The molecule has 0 fully saturated rings. The molecule has 1 heterocycles. The number of nitrogens with one attached hydrogen (secondary N) is 1. The molecule has 8 heteroatoms. The Morgan fingerprint density at radius 3 is 2.63 bits per heavy atom. The number of nitrogens with zero attached hydrogens (tertiary/aromatic N) is 1. The van der Waals surface area contributed by atoms with Crippen LogP contribution in [0.3, 0.4) is 0 Å². The van der Waals surface area contributed by atoms with Gasteiger partial charge < -0.3 is 9.52 Å². The van der Waals surface area contributed by atoms with Crippen molar-refractivity contribution >= 4 is 16.0 Å². The number of furan rings is 1. The first-order valence-electron chi connectivity index (χ1n) is 5.57. The van der Waals surface area contributed by atoms with Crippen molar-refractivity contribution in [2.45, 2.75) is 31.4 Å². The van der Waals surface area contributed by atoms with Gasteiger partial charge in [-0.2, -0.15) is 9.98 Å². The van der Waals surface area contributed by atoms with Gasteiger partial charge in [-0.15, -0.1) is 0 Å². The summed E-state index contributed by atoms with van der Waals surface area (Å²) in [6.07, 6.45) is 0.501. The fraction of sp³-hybridized carbons (Fsp3) is 0.455. The molecule has 1 rings (SSSR count). The maximum atomic E-state index is 11.9. The number of carboxylic acids is 1. The van der Waals surface area contributed by atoms with Gasteiger partial charge in [0.05, 0.1) is 0 Å². The second-order valence-electron chi connectivity index (χ2n) is 4.05. The molecule has 0 saturated carbocycles. The number of hydrogen-bond donors (Lipinski definition) is 2. The Morgan fingerprint density at radius 1 is 1.58 bits per heavy atom. The molecule has 0 radical (unpaired) electrons. The summed E-state index contributed by atoms with van der Waals surface area (Å²) >= 11 is 0. The third-order valence-electron chi connectivity index (χ3n) is 2.72. The topological polar surface area (TPSA) is 120 Å². The van der Waals surface area contributed by atoms with E-state index in [1.54, 1.807) is 19.9 Å². The fourth-order valence-corrected chi connectivity index (χ4v) is 2.63. The molecule has 7 nitrogen and oxygen atoms in total. The van der Waals surface area contributed by atoms with Crippen molar-refractivity contribution in [3.8, 4) is 6.07 Å². The lowest BCUT2D eigenvalue weighted by molar-refractivity contribution is -0.140. The minimum Gasteiger partial charge on any atom is -0.480 e. The van der Waals surface area contributed by atoms with Crippen LogP contribution in [-0.2, 0) is 14.8 Å². The van der Waals surface area contributed by atoms with Gasteiger partial charge in [-0.1, -0.05) is 20.3 Å². The van der Waals surface area contributed by atoms with E-state index in [0.29, 0.717) is 6.42 Å². The van der Waals surface area contributed by atoms with Crippen LogP contribution in [0.5, 0.6) is 0 Å². The van der Waals surface area contributed by atoms with E-state index in [1.807, 2.05) is 0 Å². The third-order valence-corrected chi connectivity index (χ3v) is 4.03. The molecule has 0 amide bonds. The lowest BCUT2D eigenvalue weighted by Gasteiger charge is -2.19. The first kappa shape index (κ1) is 15.2. The Hall–Kier alpha value is -1.85. The molecule has 0 aromatic carbocycles. The number of rotatable bonds is 6. The van der Waals surface area contributed by atoms with Crippen LogP contribution in [0.1, 0.15) is 26.0 Å². The highest BCUT2D eigenvalue weighted by Gasteiger charge is 2.30. The second kappa shape index (κ2) is 5.86. The van der Waals surface area contributed by atoms with E-state index in [1.165, 1.54) is 6.07 Å². The molecule has 1 aromatic rings. The van der Waals surface area contributed by atoms with E-state index in [4.69, 9.17) is 14.8 Å². The molecule has 19 heavy (non-hydrogen) atoms. The summed E-state index contributed by atoms with van der Waals surface area (Å²) in [6, 6.07) is 2.72. The van der Waals surface area contributed by atoms with Gasteiger partial charge in [0.2, 0.25) is 10.9 Å². The third kappa shape index (κ3) is 3.56. The Balaban J connectivity index is 3.01. The highest BCUT2D eigenvalue weighted by molar-refractivity contribution is 7.89. The van der Waals surface area contributed by atoms with Gasteiger partial charge in [-0.05, 0) is 18.1 Å². The number of sulfonamides is 1. The second-order valence-corrected chi connectivity index (χ2v) is 5.70. The summed E-state index contributed by atoms with van der Waals surface area (Å²) in [5.41, 5.74) is 0. The molecule has 0 spiro atoms. The van der Waals surface area contributed by atoms with Crippen molar-refractivity contribution in [1.82, 2.24) is 4.72 Å². The Morgan fingerprint density at radius 2 is 2.21 bits per heavy atom. The summed E-state index contributed by atoms with van der Waals surface area (Å²) < 4.78 is 30.7. The summed E-state index contributed by atoms with van der Waals surface area (Å²) in [7, 11) is -4.10. The summed E-state index contributed by atoms with van der Waals surface area (Å²) in [4.78, 5) is 11.1. The average molecular weight is 286 g/mol. The molecule has 2 atom stereocenters. The normalized spacial score (nSPS) is 14.6. The van der Waals surface area contributed by atoms with Crippen LogP contribution in [0.25, 0.3) is 0 Å². The molecule has 0 aliphatic rings. The molecule has 0 bridgehead atoms. The molecular weight excluding hydrogens is 272 g/mol. The fourth-order valence-electron chi connectivity index (χ4n) is 1.40. The van der Waals surface area contributed by atoms with Crippen LogP contribution < -0.4 is 4.72 Å². The van der Waals surface area contributed by atoms with Crippen molar-refractivity contribution in [2.75, 3.05) is 0 Å². The van der Waals surface area contributed by atoms with E-state index in [-0.39, 0.29) is 11.7 Å². The van der Waals surface area contributed by atoms with Crippen LogP contribution in [0.2, 0.25) is 0 Å². The standard InChI is InChI=1S/C11H14N2O5S/c1-3-7(2)10(11(14)15)13-19(16,17)9-5-4-8(6-12)18-9/h4-5,7,10,13H,3H2,1-2H3,(H,14,15)/t7-,10-/m0/s1. The molecule has 1 aromatic heterocycles. The SMILES string of the molecule is CC[C@H](C)[C@H](NS(=O)(=O)c1ccc(C#N)o1)C(=O)O. The van der Waals surface area contributed by atoms with Crippen LogP contribution in [0.15, 0.2) is 21.6 Å². The quantitative estimate of drug-likeness (QED) is 0.802. The first-order valence-corrected chi connectivity index (χ1v) is 7.05. The van der Waals surface area contributed by atoms with Crippen molar-refractivity contribution in [1.29, 1.82) is 5.26 Å². The van der Waals surface area contributed by atoms with E-state index in [9.17, 15) is 13.2 Å². The number of aliphatic carboxylic acids is 1. The first-order chi connectivity index (χ1) is 8.81. The van der Waals surface area contributed by atoms with Gasteiger partial charge in [0.25, 0.3) is 10.0 Å². The highest BCUT2D eigenvalue weighted by Crippen LogP contribution is 2.16. The Kier molecular flexibility index (Phi) is 4.69. The zero-order valence-electron chi connectivity index (χ0n) is 10.5. The predicted molar refractivity (Wildman–Crippen MR) is 64.6 cm³/mol. The maximum Gasteiger partial charge on any atom is 0.322 e. The zero-order chi connectivity index (χ0) is 14.6. The lowest BCUT2D eigenvalue weighted by atomic mass is 10.0. The maximum absolute atomic E-state index is 11.9. The highest BCUT2D eigenvalue weighted by atomic mass is 32.2. The van der Waals surface area contributed by atoms with E-state index in [0.717, 1.165) is 6.07 Å². The Bertz CT molecular complexity index is 599. The van der Waals surface area contributed by atoms with E-state index < -0.39 is 27.1 Å². The van der Waals surface area contributed by atoms with Crippen LogP contribution in [-0.4, -0.2) is 25.5 Å². The predicted octanol–water partition coefficient (Wildman–Crippen LogP) is 0.929. The largest absolute Gasteiger partial charge is 0.480 e. The van der Waals surface area contributed by atoms with Crippen molar-refractivity contribution in [3.05, 3.63) is 17.9 Å². The molecular formula is C11H14N2O5S. The lowest BCUT2D eigenvalue weighted by Crippen LogP contribution is -2.44. The summed E-state index contributed by atoms with van der Waals surface area (Å²) in [5.74, 6) is -1.79. The molecule has 2 N–H and O–H groups in total. The number of hydrogen-bond acceptors (Lipinski definition) is 5. The summed E-state index contributed by atoms with van der Waals surface area (Å²) in [5, 5.41) is 17.1. The van der Waals surface area contributed by atoms with Crippen molar-refractivity contribution < 1.29 is 22.7 Å². The minimum absolute atomic E-state index is 0.157. The van der Waals surface area contributed by atoms with E-state index in [2.05, 4.69) is 4.72 Å². The number of carbonyl (C=O) groups is 1. The number of carboxylic acid groups (broad SMARTS) is 1. The Labute approximate surface area is 110 Å². The van der Waals surface area contributed by atoms with Crippen LogP contribution in [0, 0.1) is 17.2 Å². The molecule has 0 aliphatic heterocycles.